The van der Waals surface area contributed by atoms with E-state index in [1.54, 1.807) is 25.4 Å². The van der Waals surface area contributed by atoms with Gasteiger partial charge in [-0.05, 0) is 30.2 Å². The van der Waals surface area contributed by atoms with Crippen molar-refractivity contribution < 1.29 is 8.42 Å². The van der Waals surface area contributed by atoms with Crippen LogP contribution in [0, 0.1) is 0 Å². The summed E-state index contributed by atoms with van der Waals surface area (Å²) in [6.07, 6.45) is 3.48. The minimum atomic E-state index is -3.49. The van der Waals surface area contributed by atoms with Crippen molar-refractivity contribution in [2.45, 2.75) is 19.8 Å². The van der Waals surface area contributed by atoms with E-state index in [1.165, 1.54) is 4.31 Å². The summed E-state index contributed by atoms with van der Waals surface area (Å²) in [7, 11) is -1.91. The number of benzene rings is 1. The molecule has 0 amide bonds. The molecule has 21 heavy (non-hydrogen) atoms. The lowest BCUT2D eigenvalue weighted by Gasteiger charge is -2.18. The van der Waals surface area contributed by atoms with E-state index in [2.05, 4.69) is 14.9 Å². The van der Waals surface area contributed by atoms with Gasteiger partial charge in [0.1, 0.15) is 0 Å². The molecule has 1 aromatic carbocycles. The van der Waals surface area contributed by atoms with Crippen molar-refractivity contribution in [3.8, 4) is 11.3 Å². The Kier molecular flexibility index (Phi) is 4.98. The van der Waals surface area contributed by atoms with Gasteiger partial charge in [0.25, 0.3) is 0 Å². The first-order valence-corrected chi connectivity index (χ1v) is 8.31. The maximum Gasteiger partial charge on any atom is 0.301 e. The summed E-state index contributed by atoms with van der Waals surface area (Å²) in [6, 6.07) is 9.02. The van der Waals surface area contributed by atoms with Gasteiger partial charge < -0.3 is 0 Å². The van der Waals surface area contributed by atoms with Gasteiger partial charge >= 0.3 is 10.2 Å². The molecule has 0 atom stereocenters. The molecule has 0 aliphatic heterocycles. The van der Waals surface area contributed by atoms with Crippen molar-refractivity contribution in [3.05, 3.63) is 36.5 Å². The SMILES string of the molecule is CCCCN(C)S(=O)(=O)Nc1ccc(-c2ccn[nH]2)cc1. The zero-order valence-corrected chi connectivity index (χ0v) is 13.0. The lowest BCUT2D eigenvalue weighted by Crippen LogP contribution is -2.33. The molecule has 1 aromatic heterocycles. The highest BCUT2D eigenvalue weighted by Crippen LogP contribution is 2.19. The first-order valence-electron chi connectivity index (χ1n) is 6.87. The van der Waals surface area contributed by atoms with E-state index in [4.69, 9.17) is 0 Å². The molecule has 0 aliphatic rings. The fraction of sp³-hybridized carbons (Fsp3) is 0.357. The Morgan fingerprint density at radius 3 is 2.52 bits per heavy atom. The number of nitrogens with zero attached hydrogens (tertiary/aromatic N) is 2. The van der Waals surface area contributed by atoms with E-state index in [-0.39, 0.29) is 0 Å². The highest BCUT2D eigenvalue weighted by Gasteiger charge is 2.16. The second-order valence-corrected chi connectivity index (χ2v) is 6.61. The molecule has 0 fully saturated rings. The summed E-state index contributed by atoms with van der Waals surface area (Å²) < 4.78 is 28.1. The highest BCUT2D eigenvalue weighted by molar-refractivity contribution is 7.90. The maximum absolute atomic E-state index is 12.1. The number of aromatic nitrogens is 2. The number of anilines is 1. The van der Waals surface area contributed by atoms with Gasteiger partial charge in [-0.25, -0.2) is 0 Å². The minimum absolute atomic E-state index is 0.512. The summed E-state index contributed by atoms with van der Waals surface area (Å²) in [5, 5.41) is 6.75. The van der Waals surface area contributed by atoms with E-state index >= 15 is 0 Å². The first-order chi connectivity index (χ1) is 10.0. The topological polar surface area (TPSA) is 78.1 Å². The van der Waals surface area contributed by atoms with Gasteiger partial charge in [0, 0.05) is 25.5 Å². The molecule has 0 saturated heterocycles. The van der Waals surface area contributed by atoms with E-state index in [9.17, 15) is 8.42 Å². The van der Waals surface area contributed by atoms with Crippen molar-refractivity contribution >= 4 is 15.9 Å². The van der Waals surface area contributed by atoms with Crippen LogP contribution in [0.25, 0.3) is 11.3 Å². The smallest absolute Gasteiger partial charge is 0.278 e. The van der Waals surface area contributed by atoms with Crippen LogP contribution >= 0.6 is 0 Å². The van der Waals surface area contributed by atoms with Crippen molar-refractivity contribution in [2.24, 2.45) is 0 Å². The second-order valence-electron chi connectivity index (χ2n) is 4.83. The molecule has 0 aliphatic carbocycles. The number of unbranched alkanes of at least 4 members (excludes halogenated alkanes) is 1. The number of hydrogen-bond donors (Lipinski definition) is 2. The summed E-state index contributed by atoms with van der Waals surface area (Å²) in [5.74, 6) is 0. The molecule has 1 heterocycles. The second kappa shape index (κ2) is 6.73. The molecular weight excluding hydrogens is 288 g/mol. The Morgan fingerprint density at radius 1 is 1.24 bits per heavy atom. The van der Waals surface area contributed by atoms with Gasteiger partial charge in [-0.3, -0.25) is 9.82 Å². The third-order valence-electron chi connectivity index (χ3n) is 3.18. The van der Waals surface area contributed by atoms with E-state index < -0.39 is 10.2 Å². The highest BCUT2D eigenvalue weighted by atomic mass is 32.2. The van der Waals surface area contributed by atoms with Crippen LogP contribution in [0.2, 0.25) is 0 Å². The third kappa shape index (κ3) is 4.05. The van der Waals surface area contributed by atoms with Crippen LogP contribution in [0.5, 0.6) is 0 Å². The molecule has 7 heteroatoms. The quantitative estimate of drug-likeness (QED) is 0.824. The molecule has 0 saturated carbocycles. The zero-order chi connectivity index (χ0) is 15.3. The van der Waals surface area contributed by atoms with Gasteiger partial charge in [0.2, 0.25) is 0 Å². The monoisotopic (exact) mass is 308 g/mol. The van der Waals surface area contributed by atoms with Crippen LogP contribution < -0.4 is 4.72 Å². The normalized spacial score (nSPS) is 11.8. The Labute approximate surface area is 125 Å². The van der Waals surface area contributed by atoms with Crippen LogP contribution in [0.1, 0.15) is 19.8 Å². The van der Waals surface area contributed by atoms with Crippen LogP contribution in [0.4, 0.5) is 5.69 Å². The molecule has 2 N–H and O–H groups in total. The summed E-state index contributed by atoms with van der Waals surface area (Å²) in [6.45, 7) is 2.54. The lowest BCUT2D eigenvalue weighted by molar-refractivity contribution is 0.463. The maximum atomic E-state index is 12.1. The van der Waals surface area contributed by atoms with Crippen LogP contribution in [0.3, 0.4) is 0 Å². The van der Waals surface area contributed by atoms with Crippen LogP contribution in [-0.4, -0.2) is 36.5 Å². The fourth-order valence-corrected chi connectivity index (χ4v) is 2.82. The van der Waals surface area contributed by atoms with Gasteiger partial charge in [-0.15, -0.1) is 0 Å². The van der Waals surface area contributed by atoms with Crippen molar-refractivity contribution in [1.82, 2.24) is 14.5 Å². The molecular formula is C14H20N4O2S. The van der Waals surface area contributed by atoms with Crippen molar-refractivity contribution in [2.75, 3.05) is 18.3 Å². The van der Waals surface area contributed by atoms with E-state index in [1.807, 2.05) is 25.1 Å². The Bertz CT molecular complexity index is 651. The number of hydrogen-bond acceptors (Lipinski definition) is 3. The molecule has 0 spiro atoms. The average Bonchev–Trinajstić information content (AvgIpc) is 2.99. The average molecular weight is 308 g/mol. The molecule has 0 bridgehead atoms. The van der Waals surface area contributed by atoms with E-state index in [0.717, 1.165) is 24.1 Å². The summed E-state index contributed by atoms with van der Waals surface area (Å²) in [4.78, 5) is 0. The number of H-pyrrole nitrogens is 1. The Balaban J connectivity index is 2.06. The molecule has 114 valence electrons. The Morgan fingerprint density at radius 2 is 1.95 bits per heavy atom. The van der Waals surface area contributed by atoms with Gasteiger partial charge in [0.05, 0.1) is 5.69 Å². The summed E-state index contributed by atoms with van der Waals surface area (Å²) >= 11 is 0. The molecule has 0 radical (unpaired) electrons. The van der Waals surface area contributed by atoms with Gasteiger partial charge in [-0.1, -0.05) is 25.5 Å². The lowest BCUT2D eigenvalue weighted by atomic mass is 10.1. The molecule has 6 nitrogen and oxygen atoms in total. The first kappa shape index (κ1) is 15.5. The van der Waals surface area contributed by atoms with Crippen LogP contribution in [0.15, 0.2) is 36.5 Å². The van der Waals surface area contributed by atoms with Crippen LogP contribution in [-0.2, 0) is 10.2 Å². The third-order valence-corrected chi connectivity index (χ3v) is 4.68. The number of rotatable bonds is 7. The zero-order valence-electron chi connectivity index (χ0n) is 12.2. The largest absolute Gasteiger partial charge is 0.301 e. The van der Waals surface area contributed by atoms with Crippen molar-refractivity contribution in [1.29, 1.82) is 0 Å². The molecule has 0 unspecified atom stereocenters. The van der Waals surface area contributed by atoms with Gasteiger partial charge in [0.15, 0.2) is 0 Å². The Hall–Kier alpha value is -1.86. The standard InChI is InChI=1S/C14H20N4O2S/c1-3-4-11-18(2)21(19,20)17-13-7-5-12(6-8-13)14-9-10-15-16-14/h5-10,17H,3-4,11H2,1-2H3,(H,15,16). The predicted molar refractivity (Wildman–Crippen MR) is 84.1 cm³/mol. The minimum Gasteiger partial charge on any atom is -0.278 e. The molecule has 2 rings (SSSR count). The fourth-order valence-electron chi connectivity index (χ4n) is 1.86. The molecule has 2 aromatic rings. The predicted octanol–water partition coefficient (Wildman–Crippen LogP) is 2.47. The number of aromatic amines is 1. The number of nitrogens with one attached hydrogen (secondary N) is 2. The van der Waals surface area contributed by atoms with Crippen molar-refractivity contribution in [3.63, 3.8) is 0 Å². The van der Waals surface area contributed by atoms with Gasteiger partial charge in [-0.2, -0.15) is 17.8 Å². The van der Waals surface area contributed by atoms with E-state index in [0.29, 0.717) is 12.2 Å². The summed E-state index contributed by atoms with van der Waals surface area (Å²) in [5.41, 5.74) is 2.39.